The first-order valence-electron chi connectivity index (χ1n) is 8.36. The van der Waals surface area contributed by atoms with Crippen molar-refractivity contribution in [3.8, 4) is 0 Å². The van der Waals surface area contributed by atoms with Crippen LogP contribution in [0.2, 0.25) is 0 Å². The van der Waals surface area contributed by atoms with Gasteiger partial charge in [0, 0.05) is 6.92 Å². The number of rotatable bonds is 5. The van der Waals surface area contributed by atoms with Crippen LogP contribution in [0.25, 0.3) is 17.1 Å². The van der Waals surface area contributed by atoms with E-state index in [1.165, 1.54) is 13.1 Å². The van der Waals surface area contributed by atoms with Crippen molar-refractivity contribution in [3.05, 3.63) is 77.2 Å². The highest BCUT2D eigenvalue weighted by molar-refractivity contribution is 6.12. The molecule has 3 rings (SSSR count). The van der Waals surface area contributed by atoms with E-state index in [-0.39, 0.29) is 22.9 Å². The van der Waals surface area contributed by atoms with Crippen LogP contribution >= 0.6 is 0 Å². The zero-order valence-corrected chi connectivity index (χ0v) is 15.4. The maximum Gasteiger partial charge on any atom is 0.233 e. The maximum atomic E-state index is 13.0. The molecule has 6 heteroatoms. The lowest BCUT2D eigenvalue weighted by atomic mass is 10.1. The summed E-state index contributed by atoms with van der Waals surface area (Å²) in [6.07, 6.45) is 4.89. The molecule has 0 atom stereocenters. The third-order valence-corrected chi connectivity index (χ3v) is 3.86. The molecule has 1 aromatic carbocycles. The van der Waals surface area contributed by atoms with E-state index < -0.39 is 5.78 Å². The Labute approximate surface area is 156 Å². The average Bonchev–Trinajstić information content (AvgIpc) is 2.65. The van der Waals surface area contributed by atoms with Gasteiger partial charge in [0.2, 0.25) is 5.78 Å². The van der Waals surface area contributed by atoms with E-state index in [4.69, 9.17) is 0 Å². The summed E-state index contributed by atoms with van der Waals surface area (Å²) in [6, 6.07) is 7.25. The van der Waals surface area contributed by atoms with Crippen molar-refractivity contribution in [1.82, 2.24) is 19.9 Å². The lowest BCUT2D eigenvalue weighted by Crippen LogP contribution is -2.16. The van der Waals surface area contributed by atoms with Crippen LogP contribution in [-0.4, -0.2) is 31.5 Å². The van der Waals surface area contributed by atoms with E-state index in [2.05, 4.69) is 26.5 Å². The number of fused-ring (bicyclic) bond motifs is 1. The fourth-order valence-corrected chi connectivity index (χ4v) is 2.50. The zero-order chi connectivity index (χ0) is 19.6. The molecule has 134 valence electrons. The molecular weight excluding hydrogens is 340 g/mol. The van der Waals surface area contributed by atoms with E-state index >= 15 is 0 Å². The number of aromatic nitrogens is 4. The van der Waals surface area contributed by atoms with Gasteiger partial charge in [-0.1, -0.05) is 30.4 Å². The average molecular weight is 358 g/mol. The molecular formula is C21H18N4O2. The molecule has 0 saturated heterocycles. The van der Waals surface area contributed by atoms with E-state index in [9.17, 15) is 9.59 Å². The van der Waals surface area contributed by atoms with Gasteiger partial charge in [-0.05, 0) is 32.1 Å². The normalized spacial score (nSPS) is 11.1. The molecule has 0 aliphatic carbocycles. The third kappa shape index (κ3) is 3.84. The monoisotopic (exact) mass is 358 g/mol. The predicted molar refractivity (Wildman–Crippen MR) is 104 cm³/mol. The number of para-hydroxylation sites is 2. The lowest BCUT2D eigenvalue weighted by molar-refractivity contribution is 0.0981. The summed E-state index contributed by atoms with van der Waals surface area (Å²) in [6.45, 7) is 8.73. The van der Waals surface area contributed by atoms with Crippen LogP contribution in [0.3, 0.4) is 0 Å². The molecule has 0 aliphatic heterocycles. The van der Waals surface area contributed by atoms with Gasteiger partial charge in [-0.3, -0.25) is 14.6 Å². The van der Waals surface area contributed by atoms with Crippen molar-refractivity contribution < 1.29 is 9.59 Å². The minimum absolute atomic E-state index is 0.0157. The van der Waals surface area contributed by atoms with Crippen molar-refractivity contribution in [2.75, 3.05) is 0 Å². The Kier molecular flexibility index (Phi) is 4.98. The van der Waals surface area contributed by atoms with Crippen molar-refractivity contribution >= 4 is 28.7 Å². The second-order valence-electron chi connectivity index (χ2n) is 6.20. The molecule has 0 fully saturated rings. The van der Waals surface area contributed by atoms with Gasteiger partial charge in [-0.2, -0.15) is 0 Å². The number of benzene rings is 1. The SMILES string of the molecule is C=C(C)/C=C\c1nc(C(C)=O)c(C(=O)c2cnc3ccccc3n2)nc1C. The van der Waals surface area contributed by atoms with E-state index in [0.717, 1.165) is 5.57 Å². The summed E-state index contributed by atoms with van der Waals surface area (Å²) >= 11 is 0. The molecule has 3 aromatic rings. The molecule has 0 amide bonds. The number of nitrogens with zero attached hydrogens (tertiary/aromatic N) is 4. The number of aryl methyl sites for hydroxylation is 1. The molecule has 0 unspecified atom stereocenters. The van der Waals surface area contributed by atoms with E-state index in [1.807, 2.05) is 25.1 Å². The van der Waals surface area contributed by atoms with Crippen LogP contribution in [-0.2, 0) is 0 Å². The lowest BCUT2D eigenvalue weighted by Gasteiger charge is -2.08. The molecule has 0 N–H and O–H groups in total. The number of carbonyl (C=O) groups excluding carboxylic acids is 2. The van der Waals surface area contributed by atoms with Gasteiger partial charge in [0.25, 0.3) is 0 Å². The Bertz CT molecular complexity index is 1120. The standard InChI is InChI=1S/C21H18N4O2/c1-12(2)9-10-15-13(3)23-20(19(25-15)14(4)26)21(27)18-11-22-16-7-5-6-8-17(16)24-18/h5-11H,1H2,2-4H3/b10-9-. The summed E-state index contributed by atoms with van der Waals surface area (Å²) in [5.41, 5.74) is 3.29. The fourth-order valence-electron chi connectivity index (χ4n) is 2.50. The Morgan fingerprint density at radius 3 is 2.37 bits per heavy atom. The third-order valence-electron chi connectivity index (χ3n) is 3.86. The minimum Gasteiger partial charge on any atom is -0.293 e. The highest BCUT2D eigenvalue weighted by Crippen LogP contribution is 2.16. The summed E-state index contributed by atoms with van der Waals surface area (Å²) < 4.78 is 0. The van der Waals surface area contributed by atoms with Crippen LogP contribution in [0.15, 0.2) is 48.7 Å². The highest BCUT2D eigenvalue weighted by Gasteiger charge is 2.23. The van der Waals surface area contributed by atoms with Gasteiger partial charge in [0.15, 0.2) is 5.78 Å². The van der Waals surface area contributed by atoms with Crippen LogP contribution < -0.4 is 0 Å². The van der Waals surface area contributed by atoms with Gasteiger partial charge in [-0.25, -0.2) is 15.0 Å². The largest absolute Gasteiger partial charge is 0.293 e. The topological polar surface area (TPSA) is 85.7 Å². The second-order valence-corrected chi connectivity index (χ2v) is 6.20. The van der Waals surface area contributed by atoms with Crippen LogP contribution in [0.4, 0.5) is 0 Å². The number of Topliss-reactive ketones (excluding diaryl/α,β-unsaturated/α-hetero) is 1. The number of carbonyl (C=O) groups is 2. The Balaban J connectivity index is 2.10. The summed E-state index contributed by atoms with van der Waals surface area (Å²) in [4.78, 5) is 42.3. The van der Waals surface area contributed by atoms with Crippen LogP contribution in [0, 0.1) is 6.92 Å². The molecule has 0 radical (unpaired) electrons. The van der Waals surface area contributed by atoms with Gasteiger partial charge in [0.1, 0.15) is 17.1 Å². The van der Waals surface area contributed by atoms with Gasteiger partial charge < -0.3 is 0 Å². The van der Waals surface area contributed by atoms with Gasteiger partial charge in [-0.15, -0.1) is 0 Å². The minimum atomic E-state index is -0.482. The van der Waals surface area contributed by atoms with Crippen molar-refractivity contribution in [2.45, 2.75) is 20.8 Å². The number of ketones is 2. The smallest absolute Gasteiger partial charge is 0.233 e. The van der Waals surface area contributed by atoms with Crippen molar-refractivity contribution in [3.63, 3.8) is 0 Å². The summed E-state index contributed by atoms with van der Waals surface area (Å²) in [5.74, 6) is -0.825. The summed E-state index contributed by atoms with van der Waals surface area (Å²) in [5, 5.41) is 0. The van der Waals surface area contributed by atoms with Gasteiger partial charge >= 0.3 is 0 Å². The van der Waals surface area contributed by atoms with Crippen molar-refractivity contribution in [1.29, 1.82) is 0 Å². The Morgan fingerprint density at radius 1 is 1.00 bits per heavy atom. The summed E-state index contributed by atoms with van der Waals surface area (Å²) in [7, 11) is 0. The Morgan fingerprint density at radius 2 is 1.70 bits per heavy atom. The molecule has 2 heterocycles. The molecule has 6 nitrogen and oxygen atoms in total. The number of hydrogen-bond donors (Lipinski definition) is 0. The van der Waals surface area contributed by atoms with E-state index in [1.54, 1.807) is 25.1 Å². The zero-order valence-electron chi connectivity index (χ0n) is 15.4. The number of hydrogen-bond acceptors (Lipinski definition) is 6. The van der Waals surface area contributed by atoms with Gasteiger partial charge in [0.05, 0.1) is 28.6 Å². The Hall–Kier alpha value is -3.54. The molecule has 0 spiro atoms. The second kappa shape index (κ2) is 7.37. The molecule has 27 heavy (non-hydrogen) atoms. The highest BCUT2D eigenvalue weighted by atomic mass is 16.1. The predicted octanol–water partition coefficient (Wildman–Crippen LogP) is 3.75. The quantitative estimate of drug-likeness (QED) is 0.510. The van der Waals surface area contributed by atoms with Crippen molar-refractivity contribution in [2.24, 2.45) is 0 Å². The molecule has 0 bridgehead atoms. The first-order chi connectivity index (χ1) is 12.9. The molecule has 0 aliphatic rings. The maximum absolute atomic E-state index is 13.0. The fraction of sp³-hybridized carbons (Fsp3) is 0.143. The number of allylic oxidation sites excluding steroid dienone is 2. The van der Waals surface area contributed by atoms with E-state index in [0.29, 0.717) is 22.4 Å². The molecule has 2 aromatic heterocycles. The first-order valence-corrected chi connectivity index (χ1v) is 8.36. The first kappa shape index (κ1) is 18.3. The van der Waals surface area contributed by atoms with Crippen LogP contribution in [0.5, 0.6) is 0 Å². The van der Waals surface area contributed by atoms with Crippen LogP contribution in [0.1, 0.15) is 51.9 Å². The molecule has 0 saturated carbocycles.